The van der Waals surface area contributed by atoms with Gasteiger partial charge in [0, 0.05) is 0 Å². The van der Waals surface area contributed by atoms with Crippen LogP contribution in [-0.4, -0.2) is 25.8 Å². The summed E-state index contributed by atoms with van der Waals surface area (Å²) in [5, 5.41) is 2.86. The molecular weight excluding hydrogens is 163 g/mol. The standard InChI is InChI=1S/C3H10ClN2PS/c1-5-7(4,8)6(2)3/h1-3H3,(H,5,8). The van der Waals surface area contributed by atoms with Crippen LogP contribution in [0.4, 0.5) is 0 Å². The highest BCUT2D eigenvalue weighted by Gasteiger charge is 2.10. The molecule has 0 aliphatic carbocycles. The van der Waals surface area contributed by atoms with E-state index in [2.05, 4.69) is 5.09 Å². The van der Waals surface area contributed by atoms with Crippen LogP contribution in [0.25, 0.3) is 0 Å². The minimum atomic E-state index is -1.86. The van der Waals surface area contributed by atoms with E-state index in [0.29, 0.717) is 0 Å². The molecule has 0 spiro atoms. The molecule has 0 aromatic carbocycles. The molecule has 50 valence electrons. The highest BCUT2D eigenvalue weighted by atomic mass is 35.7. The lowest BCUT2D eigenvalue weighted by atomic mass is 11.3. The number of rotatable bonds is 2. The lowest BCUT2D eigenvalue weighted by molar-refractivity contribution is 0.676. The molecule has 1 atom stereocenters. The van der Waals surface area contributed by atoms with E-state index in [1.807, 2.05) is 18.8 Å². The second-order valence-electron chi connectivity index (χ2n) is 1.57. The van der Waals surface area contributed by atoms with E-state index < -0.39 is 5.69 Å². The van der Waals surface area contributed by atoms with Gasteiger partial charge in [0.25, 0.3) is 0 Å². The van der Waals surface area contributed by atoms with Gasteiger partial charge in [-0.3, -0.25) is 9.76 Å². The Morgan fingerprint density at radius 1 is 1.62 bits per heavy atom. The van der Waals surface area contributed by atoms with Gasteiger partial charge in [-0.05, 0) is 32.9 Å². The first-order valence-corrected chi connectivity index (χ1v) is 5.83. The Morgan fingerprint density at radius 3 is 2.00 bits per heavy atom. The first kappa shape index (κ1) is 8.86. The van der Waals surface area contributed by atoms with Crippen LogP contribution in [0.2, 0.25) is 0 Å². The Kier molecular flexibility index (Phi) is 3.47. The third-order valence-electron chi connectivity index (χ3n) is 0.790. The summed E-state index contributed by atoms with van der Waals surface area (Å²) >= 11 is 10.8. The van der Waals surface area contributed by atoms with E-state index in [-0.39, 0.29) is 0 Å². The van der Waals surface area contributed by atoms with Gasteiger partial charge in [-0.1, -0.05) is 11.2 Å². The summed E-state index contributed by atoms with van der Waals surface area (Å²) in [5.74, 6) is 0. The van der Waals surface area contributed by atoms with Crippen molar-refractivity contribution in [2.24, 2.45) is 0 Å². The second kappa shape index (κ2) is 3.14. The number of hydrogen-bond acceptors (Lipinski definition) is 1. The lowest BCUT2D eigenvalue weighted by Crippen LogP contribution is -2.13. The molecule has 0 saturated carbocycles. The summed E-state index contributed by atoms with van der Waals surface area (Å²) in [6.07, 6.45) is 0. The van der Waals surface area contributed by atoms with Crippen molar-refractivity contribution in [3.8, 4) is 0 Å². The third-order valence-corrected chi connectivity index (χ3v) is 5.31. The van der Waals surface area contributed by atoms with E-state index in [4.69, 9.17) is 23.0 Å². The smallest absolute Gasteiger partial charge is 0.161 e. The van der Waals surface area contributed by atoms with Gasteiger partial charge in [-0.2, -0.15) is 0 Å². The Balaban J connectivity index is 3.93. The van der Waals surface area contributed by atoms with Crippen molar-refractivity contribution in [3.05, 3.63) is 0 Å². The van der Waals surface area contributed by atoms with Gasteiger partial charge in [0.1, 0.15) is 0 Å². The molecule has 2 nitrogen and oxygen atoms in total. The molecule has 1 N–H and O–H groups in total. The van der Waals surface area contributed by atoms with E-state index in [0.717, 1.165) is 0 Å². The predicted molar refractivity (Wildman–Crippen MR) is 42.9 cm³/mol. The van der Waals surface area contributed by atoms with Crippen molar-refractivity contribution in [2.45, 2.75) is 0 Å². The molecule has 0 amide bonds. The van der Waals surface area contributed by atoms with Crippen LogP contribution >= 0.6 is 16.9 Å². The van der Waals surface area contributed by atoms with Crippen molar-refractivity contribution < 1.29 is 0 Å². The van der Waals surface area contributed by atoms with Crippen molar-refractivity contribution in [3.63, 3.8) is 0 Å². The maximum absolute atomic E-state index is 5.80. The average Bonchev–Trinajstić information content (AvgIpc) is 1.67. The van der Waals surface area contributed by atoms with Crippen LogP contribution in [0.3, 0.4) is 0 Å². The predicted octanol–water partition coefficient (Wildman–Crippen LogP) is 1.23. The fraction of sp³-hybridized carbons (Fsp3) is 1.00. The molecule has 0 heterocycles. The van der Waals surface area contributed by atoms with Gasteiger partial charge < -0.3 is 0 Å². The molecule has 0 aromatic rings. The Bertz CT molecular complexity index is 116. The summed E-state index contributed by atoms with van der Waals surface area (Å²) in [4.78, 5) is 0. The molecule has 0 aromatic heterocycles. The number of halogens is 1. The topological polar surface area (TPSA) is 15.3 Å². The van der Waals surface area contributed by atoms with E-state index >= 15 is 0 Å². The molecule has 0 aliphatic rings. The summed E-state index contributed by atoms with van der Waals surface area (Å²) in [7, 11) is 5.50. The molecule has 5 heteroatoms. The number of nitrogens with zero attached hydrogens (tertiary/aromatic N) is 1. The lowest BCUT2D eigenvalue weighted by Gasteiger charge is -2.19. The monoisotopic (exact) mass is 172 g/mol. The van der Waals surface area contributed by atoms with Crippen LogP contribution in [0.5, 0.6) is 0 Å². The van der Waals surface area contributed by atoms with Crippen molar-refractivity contribution >= 4 is 28.7 Å². The van der Waals surface area contributed by atoms with E-state index in [1.165, 1.54) is 0 Å². The van der Waals surface area contributed by atoms with Crippen molar-refractivity contribution in [1.82, 2.24) is 9.76 Å². The fourth-order valence-corrected chi connectivity index (χ4v) is 0.600. The number of nitrogens with one attached hydrogen (secondary N) is 1. The largest absolute Gasteiger partial charge is 0.268 e. The van der Waals surface area contributed by atoms with Crippen LogP contribution in [0.1, 0.15) is 0 Å². The molecule has 0 bridgehead atoms. The quantitative estimate of drug-likeness (QED) is 0.631. The molecule has 0 radical (unpaired) electrons. The first-order valence-electron chi connectivity index (χ1n) is 2.17. The summed E-state index contributed by atoms with van der Waals surface area (Å²) in [6.45, 7) is 0. The number of hydrogen-bond donors (Lipinski definition) is 1. The van der Waals surface area contributed by atoms with Crippen LogP contribution in [-0.2, 0) is 11.8 Å². The maximum atomic E-state index is 5.80. The Morgan fingerprint density at radius 2 is 2.00 bits per heavy atom. The zero-order valence-electron chi connectivity index (χ0n) is 5.18. The minimum Gasteiger partial charge on any atom is -0.268 e. The Hall–Kier alpha value is 0.860. The first-order chi connectivity index (χ1) is 3.50. The van der Waals surface area contributed by atoms with Crippen molar-refractivity contribution in [2.75, 3.05) is 21.1 Å². The van der Waals surface area contributed by atoms with Gasteiger partial charge in [0.2, 0.25) is 0 Å². The third kappa shape index (κ3) is 2.42. The zero-order chi connectivity index (χ0) is 6.78. The fourth-order valence-electron chi connectivity index (χ4n) is 0.200. The highest BCUT2D eigenvalue weighted by Crippen LogP contribution is 2.47. The molecule has 8 heavy (non-hydrogen) atoms. The molecule has 0 rings (SSSR count). The minimum absolute atomic E-state index is 1.77. The second-order valence-corrected chi connectivity index (χ2v) is 7.48. The van der Waals surface area contributed by atoms with Gasteiger partial charge >= 0.3 is 0 Å². The molecule has 1 unspecified atom stereocenters. The van der Waals surface area contributed by atoms with Crippen molar-refractivity contribution in [1.29, 1.82) is 0 Å². The highest BCUT2D eigenvalue weighted by molar-refractivity contribution is 8.24. The van der Waals surface area contributed by atoms with Gasteiger partial charge in [-0.15, -0.1) is 0 Å². The van der Waals surface area contributed by atoms with Crippen LogP contribution in [0, 0.1) is 0 Å². The van der Waals surface area contributed by atoms with E-state index in [1.54, 1.807) is 7.05 Å². The molecule has 0 aliphatic heterocycles. The average molecular weight is 173 g/mol. The summed E-state index contributed by atoms with van der Waals surface area (Å²) in [6, 6.07) is 0. The normalized spacial score (nSPS) is 18.6. The van der Waals surface area contributed by atoms with E-state index in [9.17, 15) is 0 Å². The van der Waals surface area contributed by atoms with Gasteiger partial charge in [0.15, 0.2) is 5.69 Å². The SMILES string of the molecule is CNP(=S)(Cl)N(C)C. The Labute approximate surface area is 60.1 Å². The maximum Gasteiger partial charge on any atom is 0.161 e. The van der Waals surface area contributed by atoms with Crippen LogP contribution in [0.15, 0.2) is 0 Å². The molecule has 0 fully saturated rings. The molecule has 0 saturated heterocycles. The summed E-state index contributed by atoms with van der Waals surface area (Å²) < 4.78 is 1.82. The summed E-state index contributed by atoms with van der Waals surface area (Å²) in [5.41, 5.74) is -1.86. The van der Waals surface area contributed by atoms with Crippen LogP contribution < -0.4 is 5.09 Å². The van der Waals surface area contributed by atoms with Gasteiger partial charge in [0.05, 0.1) is 0 Å². The molecular formula is C3H10ClN2PS. The van der Waals surface area contributed by atoms with Gasteiger partial charge in [-0.25, -0.2) is 0 Å². The zero-order valence-corrected chi connectivity index (χ0v) is 7.65.